The smallest absolute Gasteiger partial charge is 0.273 e. The van der Waals surface area contributed by atoms with Crippen LogP contribution in [0, 0.1) is 0 Å². The number of hydrogen-bond acceptors (Lipinski definition) is 7. The van der Waals surface area contributed by atoms with E-state index in [9.17, 15) is 4.79 Å². The fourth-order valence-corrected chi connectivity index (χ4v) is 3.39. The number of thiazole rings is 2. The Morgan fingerprint density at radius 3 is 2.86 bits per heavy atom. The van der Waals surface area contributed by atoms with Gasteiger partial charge in [0.25, 0.3) is 5.91 Å². The van der Waals surface area contributed by atoms with E-state index in [1.807, 2.05) is 19.2 Å². The molecule has 1 N–H and O–H groups in total. The second-order valence-electron chi connectivity index (χ2n) is 4.78. The lowest BCUT2D eigenvalue weighted by molar-refractivity contribution is 0.0778. The molecule has 0 saturated carbocycles. The molecule has 0 bridgehead atoms. The van der Waals surface area contributed by atoms with E-state index < -0.39 is 0 Å². The van der Waals surface area contributed by atoms with Crippen molar-refractivity contribution < 1.29 is 9.53 Å². The van der Waals surface area contributed by atoms with Crippen molar-refractivity contribution in [3.05, 3.63) is 27.2 Å². The van der Waals surface area contributed by atoms with Crippen LogP contribution < -0.4 is 5.32 Å². The third kappa shape index (κ3) is 4.02. The maximum Gasteiger partial charge on any atom is 0.273 e. The molecule has 2 aromatic heterocycles. The van der Waals surface area contributed by atoms with Crippen LogP contribution in [0.1, 0.15) is 41.1 Å². The molecule has 0 aliphatic rings. The Hall–Kier alpha value is -1.51. The van der Waals surface area contributed by atoms with Gasteiger partial charge < -0.3 is 15.0 Å². The van der Waals surface area contributed by atoms with Gasteiger partial charge in [0.2, 0.25) is 0 Å². The standard InChI is InChI=1S/C14H20N4O2S2/c1-5-15-14-17-11(8-22-14)13(19)18(3)6-10-7-21-12(16-10)9(2)20-4/h7-9H,5-6H2,1-4H3,(H,15,17). The lowest BCUT2D eigenvalue weighted by atomic mass is 10.3. The van der Waals surface area contributed by atoms with Gasteiger partial charge in [0, 0.05) is 31.5 Å². The van der Waals surface area contributed by atoms with Crippen LogP contribution in [-0.2, 0) is 11.3 Å². The number of nitrogens with one attached hydrogen (secondary N) is 1. The summed E-state index contributed by atoms with van der Waals surface area (Å²) in [6, 6.07) is 0. The molecule has 22 heavy (non-hydrogen) atoms. The van der Waals surface area contributed by atoms with Crippen molar-refractivity contribution >= 4 is 33.7 Å². The number of nitrogens with zero attached hydrogens (tertiary/aromatic N) is 3. The van der Waals surface area contributed by atoms with Gasteiger partial charge in [-0.25, -0.2) is 9.97 Å². The summed E-state index contributed by atoms with van der Waals surface area (Å²) in [5.74, 6) is -0.102. The number of hydrogen-bond donors (Lipinski definition) is 1. The molecule has 2 rings (SSSR count). The third-order valence-electron chi connectivity index (χ3n) is 3.07. The minimum absolute atomic E-state index is 0.0269. The summed E-state index contributed by atoms with van der Waals surface area (Å²) in [6.45, 7) is 5.20. The van der Waals surface area contributed by atoms with E-state index in [0.29, 0.717) is 12.2 Å². The molecule has 0 radical (unpaired) electrons. The van der Waals surface area contributed by atoms with Crippen molar-refractivity contribution in [2.45, 2.75) is 26.5 Å². The van der Waals surface area contributed by atoms with Crippen LogP contribution in [0.15, 0.2) is 10.8 Å². The van der Waals surface area contributed by atoms with Crippen molar-refractivity contribution in [1.29, 1.82) is 0 Å². The third-order valence-corrected chi connectivity index (χ3v) is 4.92. The molecular formula is C14H20N4O2S2. The highest BCUT2D eigenvalue weighted by atomic mass is 32.1. The van der Waals surface area contributed by atoms with Crippen molar-refractivity contribution in [2.24, 2.45) is 0 Å². The molecule has 120 valence electrons. The largest absolute Gasteiger partial charge is 0.375 e. The Morgan fingerprint density at radius 1 is 1.41 bits per heavy atom. The van der Waals surface area contributed by atoms with Gasteiger partial charge in [0.15, 0.2) is 5.13 Å². The molecule has 6 nitrogen and oxygen atoms in total. The fourth-order valence-electron chi connectivity index (χ4n) is 1.80. The van der Waals surface area contributed by atoms with E-state index in [0.717, 1.165) is 22.4 Å². The van der Waals surface area contributed by atoms with Gasteiger partial charge in [-0.05, 0) is 13.8 Å². The Labute approximate surface area is 138 Å². The van der Waals surface area contributed by atoms with Crippen molar-refractivity contribution in [1.82, 2.24) is 14.9 Å². The molecule has 0 spiro atoms. The van der Waals surface area contributed by atoms with Gasteiger partial charge in [0.05, 0.1) is 12.2 Å². The second kappa shape index (κ2) is 7.66. The predicted octanol–water partition coefficient (Wildman–Crippen LogP) is 3.01. The first-order valence-corrected chi connectivity index (χ1v) is 8.73. The van der Waals surface area contributed by atoms with Crippen molar-refractivity contribution in [2.75, 3.05) is 26.0 Å². The zero-order valence-electron chi connectivity index (χ0n) is 13.1. The Bertz CT molecular complexity index is 626. The van der Waals surface area contributed by atoms with E-state index in [1.54, 1.807) is 35.8 Å². The van der Waals surface area contributed by atoms with Gasteiger partial charge >= 0.3 is 0 Å². The average molecular weight is 340 g/mol. The number of amides is 1. The predicted molar refractivity (Wildman–Crippen MR) is 89.6 cm³/mol. The number of ether oxygens (including phenoxy) is 1. The minimum Gasteiger partial charge on any atom is -0.375 e. The Morgan fingerprint density at radius 2 is 2.18 bits per heavy atom. The molecule has 2 aromatic rings. The first kappa shape index (κ1) is 16.9. The lowest BCUT2D eigenvalue weighted by Gasteiger charge is -2.14. The van der Waals surface area contributed by atoms with Crippen LogP contribution in [0.4, 0.5) is 5.13 Å². The molecule has 8 heteroatoms. The average Bonchev–Trinajstić information content (AvgIpc) is 3.15. The van der Waals surface area contributed by atoms with E-state index in [4.69, 9.17) is 4.74 Å². The summed E-state index contributed by atoms with van der Waals surface area (Å²) in [6.07, 6.45) is -0.0269. The number of carbonyl (C=O) groups excluding carboxylic acids is 1. The van der Waals surface area contributed by atoms with E-state index in [1.165, 1.54) is 11.3 Å². The van der Waals surface area contributed by atoms with Gasteiger partial charge in [0.1, 0.15) is 16.8 Å². The molecule has 0 saturated heterocycles. The number of rotatable bonds is 7. The first-order chi connectivity index (χ1) is 10.5. The van der Waals surface area contributed by atoms with Crippen LogP contribution in [0.5, 0.6) is 0 Å². The van der Waals surface area contributed by atoms with Crippen LogP contribution in [-0.4, -0.2) is 41.5 Å². The monoisotopic (exact) mass is 340 g/mol. The van der Waals surface area contributed by atoms with E-state index >= 15 is 0 Å². The summed E-state index contributed by atoms with van der Waals surface area (Å²) in [5, 5.41) is 8.52. The zero-order valence-corrected chi connectivity index (χ0v) is 14.8. The number of carbonyl (C=O) groups is 1. The Balaban J connectivity index is 1.99. The fraction of sp³-hybridized carbons (Fsp3) is 0.500. The topological polar surface area (TPSA) is 67.4 Å². The van der Waals surface area contributed by atoms with Crippen molar-refractivity contribution in [3.8, 4) is 0 Å². The summed E-state index contributed by atoms with van der Waals surface area (Å²) < 4.78 is 5.25. The SMILES string of the molecule is CCNc1nc(C(=O)N(C)Cc2csc(C(C)OC)n2)cs1. The molecule has 1 unspecified atom stereocenters. The van der Waals surface area contributed by atoms with Crippen molar-refractivity contribution in [3.63, 3.8) is 0 Å². The summed E-state index contributed by atoms with van der Waals surface area (Å²) in [7, 11) is 3.42. The molecule has 0 aromatic carbocycles. The minimum atomic E-state index is -0.102. The maximum atomic E-state index is 12.4. The summed E-state index contributed by atoms with van der Waals surface area (Å²) >= 11 is 2.98. The highest BCUT2D eigenvalue weighted by Gasteiger charge is 2.17. The van der Waals surface area contributed by atoms with E-state index in [-0.39, 0.29) is 12.0 Å². The van der Waals surface area contributed by atoms with Crippen LogP contribution >= 0.6 is 22.7 Å². The normalized spacial score (nSPS) is 12.2. The summed E-state index contributed by atoms with van der Waals surface area (Å²) in [5.41, 5.74) is 1.33. The quantitative estimate of drug-likeness (QED) is 0.839. The molecule has 0 fully saturated rings. The molecule has 0 aliphatic carbocycles. The number of methoxy groups -OCH3 is 1. The zero-order chi connectivity index (χ0) is 16.1. The molecule has 0 aliphatic heterocycles. The maximum absolute atomic E-state index is 12.4. The first-order valence-electron chi connectivity index (χ1n) is 6.97. The summed E-state index contributed by atoms with van der Waals surface area (Å²) in [4.78, 5) is 22.8. The molecule has 1 amide bonds. The number of aromatic nitrogens is 2. The lowest BCUT2D eigenvalue weighted by Crippen LogP contribution is -2.26. The van der Waals surface area contributed by atoms with Crippen LogP contribution in [0.25, 0.3) is 0 Å². The van der Waals surface area contributed by atoms with Gasteiger partial charge in [-0.2, -0.15) is 0 Å². The highest BCUT2D eigenvalue weighted by molar-refractivity contribution is 7.13. The number of anilines is 1. The van der Waals surface area contributed by atoms with Gasteiger partial charge in [-0.3, -0.25) is 4.79 Å². The Kier molecular flexibility index (Phi) is 5.87. The molecular weight excluding hydrogens is 320 g/mol. The molecule has 1 atom stereocenters. The van der Waals surface area contributed by atoms with E-state index in [2.05, 4.69) is 15.3 Å². The van der Waals surface area contributed by atoms with Gasteiger partial charge in [-0.15, -0.1) is 22.7 Å². The van der Waals surface area contributed by atoms with Gasteiger partial charge in [-0.1, -0.05) is 0 Å². The van der Waals surface area contributed by atoms with Crippen LogP contribution in [0.2, 0.25) is 0 Å². The molecule has 2 heterocycles. The van der Waals surface area contributed by atoms with Crippen LogP contribution in [0.3, 0.4) is 0 Å². The second-order valence-corrected chi connectivity index (χ2v) is 6.53. The highest BCUT2D eigenvalue weighted by Crippen LogP contribution is 2.21.